The van der Waals surface area contributed by atoms with Gasteiger partial charge in [0.05, 0.1) is 6.54 Å². The number of aliphatic imine (C=N–C) groups is 1. The zero-order valence-corrected chi connectivity index (χ0v) is 7.19. The molecule has 0 saturated carbocycles. The first-order valence-corrected chi connectivity index (χ1v) is 3.96. The molecular formula is C9H7NO4. The first-order valence-electron chi connectivity index (χ1n) is 3.96. The Labute approximate surface area is 79.6 Å². The van der Waals surface area contributed by atoms with Crippen molar-refractivity contribution in [2.45, 2.75) is 6.54 Å². The van der Waals surface area contributed by atoms with Crippen LogP contribution in [0.4, 0.5) is 0 Å². The van der Waals surface area contributed by atoms with Crippen molar-refractivity contribution in [3.05, 3.63) is 17.7 Å². The number of phenolic OH excluding ortho intramolecular Hbond substituents is 1. The zero-order chi connectivity index (χ0) is 9.97. The molecular weight excluding hydrogens is 186 g/mol. The average Bonchev–Trinajstić information content (AvgIpc) is 2.61. The van der Waals surface area contributed by atoms with Crippen LogP contribution in [0.15, 0.2) is 17.1 Å². The quantitative estimate of drug-likeness (QED) is 0.561. The third kappa shape index (κ3) is 1.41. The molecule has 1 aromatic carbocycles. The lowest BCUT2D eigenvalue weighted by Gasteiger charge is -2.02. The van der Waals surface area contributed by atoms with E-state index in [1.807, 2.05) is 0 Å². The molecule has 0 aromatic heterocycles. The summed E-state index contributed by atoms with van der Waals surface area (Å²) in [6, 6.07) is 2.94. The number of hydrogen-bond donors (Lipinski definition) is 1. The minimum Gasteiger partial charge on any atom is -0.508 e. The highest BCUT2D eigenvalue weighted by Gasteiger charge is 2.18. The number of phenols is 1. The molecule has 5 nitrogen and oxygen atoms in total. The number of carbonyl (C=O) groups excluding carboxylic acids is 1. The average molecular weight is 193 g/mol. The van der Waals surface area contributed by atoms with E-state index >= 15 is 0 Å². The maximum atomic E-state index is 9.94. The molecule has 2 rings (SSSR count). The van der Waals surface area contributed by atoms with Crippen molar-refractivity contribution in [1.82, 2.24) is 0 Å². The van der Waals surface area contributed by atoms with Gasteiger partial charge in [-0.3, -0.25) is 0 Å². The highest BCUT2D eigenvalue weighted by atomic mass is 16.7. The summed E-state index contributed by atoms with van der Waals surface area (Å²) in [5, 5.41) is 9.30. The monoisotopic (exact) mass is 193 g/mol. The Kier molecular flexibility index (Phi) is 2.08. The van der Waals surface area contributed by atoms with Gasteiger partial charge in [-0.2, -0.15) is 0 Å². The first kappa shape index (κ1) is 8.59. The largest absolute Gasteiger partial charge is 0.508 e. The molecule has 1 heterocycles. The van der Waals surface area contributed by atoms with Crippen LogP contribution in [0, 0.1) is 0 Å². The molecule has 0 unspecified atom stereocenters. The number of rotatable bonds is 2. The summed E-state index contributed by atoms with van der Waals surface area (Å²) in [7, 11) is 0. The molecule has 0 amide bonds. The van der Waals surface area contributed by atoms with Crippen LogP contribution in [0.25, 0.3) is 0 Å². The van der Waals surface area contributed by atoms with Crippen molar-refractivity contribution < 1.29 is 19.4 Å². The van der Waals surface area contributed by atoms with Gasteiger partial charge in [0, 0.05) is 11.6 Å². The van der Waals surface area contributed by atoms with Crippen LogP contribution in [-0.4, -0.2) is 18.0 Å². The maximum Gasteiger partial charge on any atom is 0.235 e. The van der Waals surface area contributed by atoms with Crippen LogP contribution in [0.2, 0.25) is 0 Å². The van der Waals surface area contributed by atoms with Gasteiger partial charge in [0.1, 0.15) is 5.75 Å². The number of isocyanates is 1. The smallest absolute Gasteiger partial charge is 0.235 e. The maximum absolute atomic E-state index is 9.94. The molecule has 1 aliphatic rings. The Morgan fingerprint density at radius 1 is 1.50 bits per heavy atom. The number of nitrogens with zero attached hydrogens (tertiary/aromatic N) is 1. The normalized spacial score (nSPS) is 12.3. The fraction of sp³-hybridized carbons (Fsp3) is 0.222. The molecule has 0 radical (unpaired) electrons. The second kappa shape index (κ2) is 3.40. The van der Waals surface area contributed by atoms with Gasteiger partial charge in [-0.15, -0.1) is 0 Å². The molecule has 1 aliphatic heterocycles. The fourth-order valence-electron chi connectivity index (χ4n) is 1.30. The molecule has 14 heavy (non-hydrogen) atoms. The van der Waals surface area contributed by atoms with Crippen molar-refractivity contribution in [1.29, 1.82) is 0 Å². The van der Waals surface area contributed by atoms with Crippen LogP contribution in [0.1, 0.15) is 5.56 Å². The van der Waals surface area contributed by atoms with E-state index in [2.05, 4.69) is 4.99 Å². The van der Waals surface area contributed by atoms with E-state index in [0.717, 1.165) is 0 Å². The molecule has 1 N–H and O–H groups in total. The molecule has 1 aromatic rings. The summed E-state index contributed by atoms with van der Waals surface area (Å²) in [5.41, 5.74) is 0.612. The van der Waals surface area contributed by atoms with Gasteiger partial charge in [0.25, 0.3) is 0 Å². The predicted octanol–water partition coefficient (Wildman–Crippen LogP) is 0.957. The van der Waals surface area contributed by atoms with Crippen LogP contribution in [0.5, 0.6) is 17.2 Å². The summed E-state index contributed by atoms with van der Waals surface area (Å²) < 4.78 is 10.2. The Balaban J connectivity index is 2.43. The number of fused-ring (bicyclic) bond motifs is 1. The lowest BCUT2D eigenvalue weighted by Crippen LogP contribution is -1.94. The molecule has 0 atom stereocenters. The molecule has 5 heteroatoms. The minimum absolute atomic E-state index is 0.0605. The number of benzene rings is 1. The zero-order valence-electron chi connectivity index (χ0n) is 7.19. The van der Waals surface area contributed by atoms with E-state index < -0.39 is 0 Å². The summed E-state index contributed by atoms with van der Waals surface area (Å²) in [4.78, 5) is 13.3. The van der Waals surface area contributed by atoms with E-state index in [9.17, 15) is 9.90 Å². The van der Waals surface area contributed by atoms with Gasteiger partial charge in [0.15, 0.2) is 11.5 Å². The Morgan fingerprint density at radius 3 is 3.14 bits per heavy atom. The van der Waals surface area contributed by atoms with Crippen LogP contribution >= 0.6 is 0 Å². The van der Waals surface area contributed by atoms with Crippen molar-refractivity contribution in [3.63, 3.8) is 0 Å². The second-order valence-electron chi connectivity index (χ2n) is 2.75. The third-order valence-corrected chi connectivity index (χ3v) is 1.85. The predicted molar refractivity (Wildman–Crippen MR) is 46.1 cm³/mol. The summed E-state index contributed by atoms with van der Waals surface area (Å²) in [6.45, 7) is 0.250. The molecule has 0 fully saturated rings. The Hall–Kier alpha value is -2.00. The molecule has 0 aliphatic carbocycles. The van der Waals surface area contributed by atoms with E-state index in [1.165, 1.54) is 18.2 Å². The highest BCUT2D eigenvalue weighted by Crippen LogP contribution is 2.39. The SMILES string of the molecule is O=C=NCc1cc(O)cc2c1OCO2. The van der Waals surface area contributed by atoms with Gasteiger partial charge >= 0.3 is 0 Å². The highest BCUT2D eigenvalue weighted by molar-refractivity contribution is 5.53. The molecule has 0 bridgehead atoms. The fourth-order valence-corrected chi connectivity index (χ4v) is 1.30. The topological polar surface area (TPSA) is 68.1 Å². The first-order chi connectivity index (χ1) is 6.81. The minimum atomic E-state index is 0.0605. The van der Waals surface area contributed by atoms with Gasteiger partial charge in [0.2, 0.25) is 12.9 Å². The van der Waals surface area contributed by atoms with E-state index in [4.69, 9.17) is 9.47 Å². The van der Waals surface area contributed by atoms with Crippen LogP contribution < -0.4 is 9.47 Å². The number of aromatic hydroxyl groups is 1. The number of ether oxygens (including phenoxy) is 2. The van der Waals surface area contributed by atoms with Gasteiger partial charge in [-0.1, -0.05) is 0 Å². The van der Waals surface area contributed by atoms with E-state index in [0.29, 0.717) is 17.1 Å². The molecule has 0 spiro atoms. The summed E-state index contributed by atoms with van der Waals surface area (Å²) in [6.07, 6.45) is 1.42. The number of hydrogen-bond acceptors (Lipinski definition) is 5. The van der Waals surface area contributed by atoms with Crippen LogP contribution in [0.3, 0.4) is 0 Å². The van der Waals surface area contributed by atoms with Crippen molar-refractivity contribution in [2.75, 3.05) is 6.79 Å². The third-order valence-electron chi connectivity index (χ3n) is 1.85. The van der Waals surface area contributed by atoms with Crippen molar-refractivity contribution in [3.8, 4) is 17.2 Å². The van der Waals surface area contributed by atoms with Gasteiger partial charge < -0.3 is 14.6 Å². The van der Waals surface area contributed by atoms with Gasteiger partial charge in [-0.25, -0.2) is 9.79 Å². The van der Waals surface area contributed by atoms with E-state index in [1.54, 1.807) is 0 Å². The van der Waals surface area contributed by atoms with Crippen molar-refractivity contribution in [2.24, 2.45) is 4.99 Å². The Morgan fingerprint density at radius 2 is 2.36 bits per heavy atom. The summed E-state index contributed by atoms with van der Waals surface area (Å²) in [5.74, 6) is 1.06. The van der Waals surface area contributed by atoms with Gasteiger partial charge in [-0.05, 0) is 6.07 Å². The lowest BCUT2D eigenvalue weighted by molar-refractivity contribution is 0.173. The van der Waals surface area contributed by atoms with Crippen molar-refractivity contribution >= 4 is 6.08 Å². The Bertz CT molecular complexity index is 410. The standard InChI is InChI=1S/C9H7NO4/c11-4-10-3-6-1-7(12)2-8-9(6)14-5-13-8/h1-2,12H,3,5H2. The molecule has 0 saturated heterocycles. The lowest BCUT2D eigenvalue weighted by atomic mass is 10.2. The molecule has 72 valence electrons. The summed E-state index contributed by atoms with van der Waals surface area (Å²) >= 11 is 0. The van der Waals surface area contributed by atoms with Crippen LogP contribution in [-0.2, 0) is 11.3 Å². The second-order valence-corrected chi connectivity index (χ2v) is 2.75. The van der Waals surface area contributed by atoms with E-state index in [-0.39, 0.29) is 19.1 Å².